The Hall–Kier alpha value is -0.500. The van der Waals surface area contributed by atoms with Crippen LogP contribution in [0.1, 0.15) is 36.3 Å². The van der Waals surface area contributed by atoms with Gasteiger partial charge in [-0.25, -0.2) is 13.4 Å². The first-order valence-electron chi connectivity index (χ1n) is 8.03. The molecule has 22 heavy (non-hydrogen) atoms. The van der Waals surface area contributed by atoms with Gasteiger partial charge in [-0.2, -0.15) is 4.31 Å². The van der Waals surface area contributed by atoms with E-state index in [1.165, 1.54) is 24.2 Å². The van der Waals surface area contributed by atoms with E-state index in [-0.39, 0.29) is 11.9 Å². The smallest absolute Gasteiger partial charge is 0.214 e. The normalized spacial score (nSPS) is 23.8. The Bertz CT molecular complexity index is 596. The molecule has 0 bridgehead atoms. The molecule has 1 unspecified atom stereocenters. The topological polar surface area (TPSA) is 59.5 Å². The molecule has 2 fully saturated rings. The predicted octanol–water partition coefficient (Wildman–Crippen LogP) is 2.21. The molecule has 0 amide bonds. The Morgan fingerprint density at radius 1 is 1.41 bits per heavy atom. The van der Waals surface area contributed by atoms with Crippen LogP contribution in [0, 0.1) is 12.8 Å². The summed E-state index contributed by atoms with van der Waals surface area (Å²) in [5.41, 5.74) is 2.73. The van der Waals surface area contributed by atoms with Gasteiger partial charge in [-0.3, -0.25) is 0 Å². The van der Waals surface area contributed by atoms with Crippen molar-refractivity contribution in [3.8, 4) is 0 Å². The molecule has 0 N–H and O–H groups in total. The first-order valence-corrected chi connectivity index (χ1v) is 10.5. The van der Waals surface area contributed by atoms with Crippen LogP contribution in [-0.2, 0) is 21.2 Å². The van der Waals surface area contributed by atoms with Crippen LogP contribution in [0.3, 0.4) is 0 Å². The molecular formula is C15H24N2O3S2. The number of aryl methyl sites for hydroxylation is 2. The van der Waals surface area contributed by atoms with E-state index in [0.717, 1.165) is 35.9 Å². The lowest BCUT2D eigenvalue weighted by Gasteiger charge is -2.32. The average molecular weight is 345 g/mol. The maximum Gasteiger partial charge on any atom is 0.214 e. The number of piperidine rings is 1. The van der Waals surface area contributed by atoms with E-state index in [1.807, 2.05) is 6.92 Å². The molecule has 3 rings (SSSR count). The fraction of sp³-hybridized carbons (Fsp3) is 0.800. The van der Waals surface area contributed by atoms with E-state index >= 15 is 0 Å². The Balaban J connectivity index is 1.52. The molecule has 1 atom stereocenters. The van der Waals surface area contributed by atoms with Crippen LogP contribution in [0.5, 0.6) is 0 Å². The zero-order valence-electron chi connectivity index (χ0n) is 13.0. The highest BCUT2D eigenvalue weighted by molar-refractivity contribution is 7.89. The predicted molar refractivity (Wildman–Crippen MR) is 87.6 cm³/mol. The van der Waals surface area contributed by atoms with Gasteiger partial charge in [0.15, 0.2) is 0 Å². The second-order valence-electron chi connectivity index (χ2n) is 6.33. The highest BCUT2D eigenvalue weighted by Crippen LogP contribution is 2.30. The molecule has 0 spiro atoms. The monoisotopic (exact) mass is 344 g/mol. The number of hydrogen-bond acceptors (Lipinski definition) is 5. The number of aromatic nitrogens is 1. The molecule has 2 heterocycles. The van der Waals surface area contributed by atoms with Gasteiger partial charge in [-0.05, 0) is 44.9 Å². The Labute approximate surface area is 136 Å². The summed E-state index contributed by atoms with van der Waals surface area (Å²) in [7, 11) is -3.20. The molecule has 2 aliphatic rings. The Morgan fingerprint density at radius 2 is 2.23 bits per heavy atom. The third-order valence-electron chi connectivity index (χ3n) is 4.43. The Morgan fingerprint density at radius 3 is 2.91 bits per heavy atom. The van der Waals surface area contributed by atoms with Crippen LogP contribution in [-0.4, -0.2) is 49.3 Å². The molecule has 0 aromatic carbocycles. The summed E-state index contributed by atoms with van der Waals surface area (Å²) in [6.45, 7) is 3.89. The van der Waals surface area contributed by atoms with Crippen molar-refractivity contribution in [3.05, 3.63) is 16.1 Å². The molecule has 5 nitrogen and oxygen atoms in total. The van der Waals surface area contributed by atoms with Gasteiger partial charge in [0.1, 0.15) is 0 Å². The van der Waals surface area contributed by atoms with Crippen LogP contribution >= 0.6 is 11.3 Å². The third-order valence-corrected chi connectivity index (χ3v) is 7.26. The van der Waals surface area contributed by atoms with E-state index in [9.17, 15) is 8.42 Å². The lowest BCUT2D eigenvalue weighted by Crippen LogP contribution is -2.44. The van der Waals surface area contributed by atoms with E-state index in [4.69, 9.17) is 4.74 Å². The van der Waals surface area contributed by atoms with Crippen LogP contribution in [0.25, 0.3) is 0 Å². The first kappa shape index (κ1) is 16.4. The van der Waals surface area contributed by atoms with E-state index in [1.54, 1.807) is 9.82 Å². The lowest BCUT2D eigenvalue weighted by molar-refractivity contribution is 0.0133. The minimum Gasteiger partial charge on any atom is -0.377 e. The molecule has 1 aliphatic heterocycles. The molecule has 7 heteroatoms. The molecular weight excluding hydrogens is 320 g/mol. The van der Waals surface area contributed by atoms with E-state index in [2.05, 4.69) is 4.98 Å². The molecule has 1 saturated heterocycles. The second-order valence-corrected chi connectivity index (χ2v) is 9.35. The number of ether oxygens (including phenoxy) is 1. The standard InChI is InChI=1S/C15H24N2O3S2/c1-12-15(21-11-16-12)6-8-22(18,19)17-7-2-3-14(9-17)20-10-13-4-5-13/h11,13-14H,2-10H2,1H3. The molecule has 124 valence electrons. The van der Waals surface area contributed by atoms with Gasteiger partial charge >= 0.3 is 0 Å². The van der Waals surface area contributed by atoms with Crippen molar-refractivity contribution >= 4 is 21.4 Å². The first-order chi connectivity index (χ1) is 10.5. The maximum absolute atomic E-state index is 12.5. The highest BCUT2D eigenvalue weighted by Gasteiger charge is 2.31. The maximum atomic E-state index is 12.5. The van der Waals surface area contributed by atoms with Crippen molar-refractivity contribution in [1.82, 2.24) is 9.29 Å². The molecule has 1 aromatic rings. The Kier molecular flexibility index (Phi) is 5.17. The van der Waals surface area contributed by atoms with Crippen LogP contribution in [0.15, 0.2) is 5.51 Å². The number of thiazole rings is 1. The van der Waals surface area contributed by atoms with Gasteiger partial charge in [0.25, 0.3) is 0 Å². The van der Waals surface area contributed by atoms with Crippen molar-refractivity contribution in [2.75, 3.05) is 25.4 Å². The minimum absolute atomic E-state index is 0.0780. The van der Waals surface area contributed by atoms with Gasteiger partial charge in [-0.15, -0.1) is 11.3 Å². The molecule has 1 aliphatic carbocycles. The van der Waals surface area contributed by atoms with E-state index < -0.39 is 10.0 Å². The summed E-state index contributed by atoms with van der Waals surface area (Å²) in [6, 6.07) is 0. The van der Waals surface area contributed by atoms with Gasteiger partial charge in [0.2, 0.25) is 10.0 Å². The average Bonchev–Trinajstić information content (AvgIpc) is 3.25. The summed E-state index contributed by atoms with van der Waals surface area (Å²) in [5, 5.41) is 0. The van der Waals surface area contributed by atoms with Gasteiger partial charge < -0.3 is 4.74 Å². The van der Waals surface area contributed by atoms with Crippen molar-refractivity contribution in [2.24, 2.45) is 5.92 Å². The quantitative estimate of drug-likeness (QED) is 0.761. The number of nitrogens with zero attached hydrogens (tertiary/aromatic N) is 2. The summed E-state index contributed by atoms with van der Waals surface area (Å²) >= 11 is 1.54. The zero-order chi connectivity index (χ0) is 15.6. The SMILES string of the molecule is Cc1ncsc1CCS(=O)(=O)N1CCCC(OCC2CC2)C1. The molecule has 0 radical (unpaired) electrons. The largest absolute Gasteiger partial charge is 0.377 e. The van der Waals surface area contributed by atoms with Crippen LogP contribution < -0.4 is 0 Å². The summed E-state index contributed by atoms with van der Waals surface area (Å²) < 4.78 is 32.6. The van der Waals surface area contributed by atoms with Crippen molar-refractivity contribution in [3.63, 3.8) is 0 Å². The second kappa shape index (κ2) is 6.95. The lowest BCUT2D eigenvalue weighted by atomic mass is 10.1. The summed E-state index contributed by atoms with van der Waals surface area (Å²) in [6.07, 6.45) is 5.05. The zero-order valence-corrected chi connectivity index (χ0v) is 14.7. The molecule has 1 saturated carbocycles. The minimum atomic E-state index is -3.20. The fourth-order valence-electron chi connectivity index (χ4n) is 2.77. The number of rotatable bonds is 7. The summed E-state index contributed by atoms with van der Waals surface area (Å²) in [4.78, 5) is 5.25. The number of hydrogen-bond donors (Lipinski definition) is 0. The molecule has 1 aromatic heterocycles. The summed E-state index contributed by atoms with van der Waals surface area (Å²) in [5.74, 6) is 0.895. The van der Waals surface area contributed by atoms with Gasteiger partial charge in [-0.1, -0.05) is 0 Å². The van der Waals surface area contributed by atoms with Crippen LogP contribution in [0.2, 0.25) is 0 Å². The van der Waals surface area contributed by atoms with Gasteiger partial charge in [0, 0.05) is 24.6 Å². The highest BCUT2D eigenvalue weighted by atomic mass is 32.2. The fourth-order valence-corrected chi connectivity index (χ4v) is 5.20. The van der Waals surface area contributed by atoms with E-state index in [0.29, 0.717) is 19.5 Å². The van der Waals surface area contributed by atoms with Crippen molar-refractivity contribution < 1.29 is 13.2 Å². The third kappa shape index (κ3) is 4.28. The van der Waals surface area contributed by atoms with Crippen LogP contribution in [0.4, 0.5) is 0 Å². The number of sulfonamides is 1. The van der Waals surface area contributed by atoms with Crippen molar-refractivity contribution in [1.29, 1.82) is 0 Å². The van der Waals surface area contributed by atoms with Gasteiger partial charge in [0.05, 0.1) is 23.1 Å². The van der Waals surface area contributed by atoms with Crippen molar-refractivity contribution in [2.45, 2.75) is 45.1 Å².